The number of aromatic nitrogens is 1. The van der Waals surface area contributed by atoms with Gasteiger partial charge in [-0.15, -0.1) is 11.3 Å². The molecular formula is C11H14NOPS. The van der Waals surface area contributed by atoms with Gasteiger partial charge >= 0.3 is 0 Å². The van der Waals surface area contributed by atoms with Crippen LogP contribution in [0, 0.1) is 13.8 Å². The molecule has 0 aliphatic rings. The molecule has 0 aliphatic heterocycles. The molecule has 0 fully saturated rings. The number of nitrogens with zero attached hydrogens (tertiary/aromatic N) is 1. The minimum atomic E-state index is -2.22. The molecule has 4 heteroatoms. The van der Waals surface area contributed by atoms with E-state index in [1.165, 1.54) is 0 Å². The van der Waals surface area contributed by atoms with Crippen molar-refractivity contribution in [3.63, 3.8) is 0 Å². The number of aryl methyl sites for hydroxylation is 2. The Kier molecular flexibility index (Phi) is 2.48. The second-order valence-corrected chi connectivity index (χ2v) is 8.52. The zero-order valence-electron chi connectivity index (χ0n) is 9.37. The van der Waals surface area contributed by atoms with E-state index in [0.29, 0.717) is 0 Å². The Hall–Kier alpha value is -0.660. The van der Waals surface area contributed by atoms with Crippen LogP contribution < -0.4 is 5.30 Å². The normalized spacial score (nSPS) is 12.3. The van der Waals surface area contributed by atoms with Crippen molar-refractivity contribution in [2.75, 3.05) is 13.3 Å². The molecule has 0 unspecified atom stereocenters. The zero-order valence-corrected chi connectivity index (χ0v) is 11.1. The molecule has 1 aromatic heterocycles. The summed E-state index contributed by atoms with van der Waals surface area (Å²) >= 11 is 1.64. The van der Waals surface area contributed by atoms with Crippen molar-refractivity contribution in [2.24, 2.45) is 0 Å². The van der Waals surface area contributed by atoms with E-state index in [4.69, 9.17) is 0 Å². The van der Waals surface area contributed by atoms with E-state index >= 15 is 0 Å². The highest BCUT2D eigenvalue weighted by atomic mass is 32.1. The van der Waals surface area contributed by atoms with Crippen molar-refractivity contribution in [3.8, 4) is 0 Å². The lowest BCUT2D eigenvalue weighted by Crippen LogP contribution is -2.07. The number of fused-ring (bicyclic) bond motifs is 1. The molecule has 2 nitrogen and oxygen atoms in total. The molecule has 0 amide bonds. The quantitative estimate of drug-likeness (QED) is 0.715. The summed E-state index contributed by atoms with van der Waals surface area (Å²) in [5, 5.41) is 2.04. The van der Waals surface area contributed by atoms with E-state index in [9.17, 15) is 4.57 Å². The van der Waals surface area contributed by atoms with E-state index in [1.54, 1.807) is 11.3 Å². The van der Waals surface area contributed by atoms with Crippen LogP contribution in [0.4, 0.5) is 0 Å². The third kappa shape index (κ3) is 1.86. The fourth-order valence-corrected chi connectivity index (χ4v) is 5.10. The topological polar surface area (TPSA) is 30.0 Å². The van der Waals surface area contributed by atoms with Crippen molar-refractivity contribution in [1.82, 2.24) is 4.98 Å². The molecule has 0 saturated heterocycles. The van der Waals surface area contributed by atoms with Crippen LogP contribution in [0.15, 0.2) is 12.1 Å². The van der Waals surface area contributed by atoms with Gasteiger partial charge in [-0.1, -0.05) is 6.07 Å². The lowest BCUT2D eigenvalue weighted by Gasteiger charge is -2.11. The summed E-state index contributed by atoms with van der Waals surface area (Å²) in [6, 6.07) is 4.02. The first kappa shape index (κ1) is 10.8. The average Bonchev–Trinajstić information content (AvgIpc) is 2.41. The van der Waals surface area contributed by atoms with Crippen LogP contribution in [0.1, 0.15) is 10.6 Å². The molecular weight excluding hydrogens is 225 g/mol. The number of hydrogen-bond acceptors (Lipinski definition) is 3. The fraction of sp³-hybridized carbons (Fsp3) is 0.364. The summed E-state index contributed by atoms with van der Waals surface area (Å²) in [4.78, 5) is 4.43. The van der Waals surface area contributed by atoms with Gasteiger partial charge in [0.15, 0.2) is 0 Å². The molecule has 2 rings (SSSR count). The summed E-state index contributed by atoms with van der Waals surface area (Å²) in [5.74, 6) is 0. The maximum Gasteiger partial charge on any atom is 0.111 e. The van der Waals surface area contributed by atoms with Crippen LogP contribution in [0.3, 0.4) is 0 Å². The average molecular weight is 239 g/mol. The number of thiazole rings is 1. The Morgan fingerprint density at radius 2 is 1.93 bits per heavy atom. The van der Waals surface area contributed by atoms with Gasteiger partial charge in [-0.3, -0.25) is 0 Å². The van der Waals surface area contributed by atoms with Gasteiger partial charge in [0.1, 0.15) is 7.14 Å². The minimum absolute atomic E-state index is 0.974. The molecule has 0 radical (unpaired) electrons. The molecule has 2 aromatic rings. The molecule has 0 N–H and O–H groups in total. The van der Waals surface area contributed by atoms with Crippen molar-refractivity contribution < 1.29 is 4.57 Å². The van der Waals surface area contributed by atoms with Gasteiger partial charge in [0, 0.05) is 5.30 Å². The Morgan fingerprint density at radius 1 is 1.27 bits per heavy atom. The Bertz CT molecular complexity index is 567. The molecule has 0 spiro atoms. The summed E-state index contributed by atoms with van der Waals surface area (Å²) in [7, 11) is -2.22. The maximum absolute atomic E-state index is 12.2. The van der Waals surface area contributed by atoms with Gasteiger partial charge in [0.2, 0.25) is 0 Å². The largest absolute Gasteiger partial charge is 0.319 e. The van der Waals surface area contributed by atoms with Gasteiger partial charge in [0.05, 0.1) is 15.2 Å². The lowest BCUT2D eigenvalue weighted by molar-refractivity contribution is 0.588. The van der Waals surface area contributed by atoms with Crippen molar-refractivity contribution in [1.29, 1.82) is 0 Å². The molecule has 15 heavy (non-hydrogen) atoms. The number of rotatable bonds is 1. The molecule has 1 aromatic carbocycles. The van der Waals surface area contributed by atoms with Crippen LogP contribution in [-0.2, 0) is 4.57 Å². The zero-order chi connectivity index (χ0) is 11.2. The highest BCUT2D eigenvalue weighted by Gasteiger charge is 2.19. The summed E-state index contributed by atoms with van der Waals surface area (Å²) in [6.07, 6.45) is 0. The van der Waals surface area contributed by atoms with Crippen molar-refractivity contribution in [3.05, 3.63) is 22.7 Å². The molecule has 1 heterocycles. The lowest BCUT2D eigenvalue weighted by atomic mass is 10.2. The first-order chi connectivity index (χ1) is 6.89. The predicted molar refractivity (Wildman–Crippen MR) is 68.2 cm³/mol. The molecule has 0 bridgehead atoms. The first-order valence-electron chi connectivity index (χ1n) is 4.82. The van der Waals surface area contributed by atoms with Crippen molar-refractivity contribution >= 4 is 34.0 Å². The first-order valence-corrected chi connectivity index (χ1v) is 8.23. The molecule has 0 aliphatic carbocycles. The number of benzene rings is 1. The summed E-state index contributed by atoms with van der Waals surface area (Å²) < 4.78 is 13.3. The second-order valence-electron chi connectivity index (χ2n) is 4.16. The van der Waals surface area contributed by atoms with E-state index in [2.05, 4.69) is 4.98 Å². The smallest absolute Gasteiger partial charge is 0.111 e. The van der Waals surface area contributed by atoms with Gasteiger partial charge in [-0.05, 0) is 38.8 Å². The van der Waals surface area contributed by atoms with Gasteiger partial charge in [-0.2, -0.15) is 0 Å². The third-order valence-corrected chi connectivity index (χ3v) is 5.19. The highest BCUT2D eigenvalue weighted by Crippen LogP contribution is 2.40. The molecule has 0 saturated carbocycles. The van der Waals surface area contributed by atoms with E-state index in [0.717, 1.165) is 26.1 Å². The Balaban J connectivity index is 2.91. The highest BCUT2D eigenvalue weighted by molar-refractivity contribution is 7.71. The van der Waals surface area contributed by atoms with E-state index in [-0.39, 0.29) is 0 Å². The fourth-order valence-electron chi connectivity index (χ4n) is 1.86. The maximum atomic E-state index is 12.2. The standard InChI is InChI=1S/C11H14NOPS/c1-7-5-6-9-11(15-8(2)12-9)10(7)14(3,4)13/h5-6H,1-4H3. The van der Waals surface area contributed by atoms with Crippen LogP contribution >= 0.6 is 18.5 Å². The second kappa shape index (κ2) is 3.43. The summed E-state index contributed by atoms with van der Waals surface area (Å²) in [6.45, 7) is 7.65. The SMILES string of the molecule is Cc1nc2ccc(C)c(P(C)(C)=O)c2s1. The van der Waals surface area contributed by atoms with Gasteiger partial charge in [-0.25, -0.2) is 4.98 Å². The monoisotopic (exact) mass is 239 g/mol. The van der Waals surface area contributed by atoms with Gasteiger partial charge < -0.3 is 4.57 Å². The van der Waals surface area contributed by atoms with E-state index < -0.39 is 7.14 Å². The predicted octanol–water partition coefficient (Wildman–Crippen LogP) is 3.16. The van der Waals surface area contributed by atoms with Crippen LogP contribution in [0.25, 0.3) is 10.2 Å². The Morgan fingerprint density at radius 3 is 2.53 bits per heavy atom. The third-order valence-electron chi connectivity index (χ3n) is 2.38. The molecule has 80 valence electrons. The van der Waals surface area contributed by atoms with Crippen molar-refractivity contribution in [2.45, 2.75) is 13.8 Å². The van der Waals surface area contributed by atoms with Crippen LogP contribution in [-0.4, -0.2) is 18.3 Å². The Labute approximate surface area is 93.7 Å². The number of hydrogen-bond donors (Lipinski definition) is 0. The summed E-state index contributed by atoms with van der Waals surface area (Å²) in [5.41, 5.74) is 2.08. The van der Waals surface area contributed by atoms with Crippen LogP contribution in [0.5, 0.6) is 0 Å². The minimum Gasteiger partial charge on any atom is -0.319 e. The van der Waals surface area contributed by atoms with E-state index in [1.807, 2.05) is 39.3 Å². The molecule has 0 atom stereocenters. The van der Waals surface area contributed by atoms with Gasteiger partial charge in [0.25, 0.3) is 0 Å². The van der Waals surface area contributed by atoms with Crippen LogP contribution in [0.2, 0.25) is 0 Å².